The van der Waals surface area contributed by atoms with Gasteiger partial charge < -0.3 is 30.5 Å². The average molecular weight is 477 g/mol. The zero-order valence-corrected chi connectivity index (χ0v) is 20.4. The molecule has 3 N–H and O–H groups in total. The first-order valence-electron chi connectivity index (χ1n) is 8.39. The Morgan fingerprint density at radius 2 is 2.16 bits per heavy atom. The third-order valence-corrected chi connectivity index (χ3v) is 6.15. The van der Waals surface area contributed by atoms with Crippen LogP contribution in [0.5, 0.6) is 0 Å². The summed E-state index contributed by atoms with van der Waals surface area (Å²) >= 11 is 2.32. The number of hydrogen-bond acceptors (Lipinski definition) is 12. The van der Waals surface area contributed by atoms with Crippen LogP contribution in [0.25, 0.3) is 0 Å². The number of aliphatic carboxylic acids is 1. The Morgan fingerprint density at radius 3 is 2.71 bits per heavy atom. The zero-order valence-electron chi connectivity index (χ0n) is 16.7. The van der Waals surface area contributed by atoms with E-state index < -0.39 is 35.2 Å². The van der Waals surface area contributed by atoms with Crippen LogP contribution in [0.4, 0.5) is 5.13 Å². The van der Waals surface area contributed by atoms with E-state index in [4.69, 9.17) is 10.5 Å². The Kier molecular flexibility index (Phi) is 8.48. The number of esters is 1. The van der Waals surface area contributed by atoms with Gasteiger partial charge in [0, 0.05) is 23.6 Å². The third kappa shape index (κ3) is 5.20. The van der Waals surface area contributed by atoms with Crippen molar-refractivity contribution in [1.29, 1.82) is 0 Å². The van der Waals surface area contributed by atoms with Gasteiger partial charge in [-0.1, -0.05) is 5.16 Å². The molecule has 3 rings (SSSR count). The Hall–Kier alpha value is -2.13. The third-order valence-electron chi connectivity index (χ3n) is 4.14. The molecule has 0 radical (unpaired) electrons. The van der Waals surface area contributed by atoms with Gasteiger partial charge in [0.2, 0.25) is 0 Å². The van der Waals surface area contributed by atoms with Gasteiger partial charge >= 0.3 is 35.5 Å². The Bertz CT molecular complexity index is 979. The summed E-state index contributed by atoms with van der Waals surface area (Å²) in [5.74, 6) is -3.35. The largest absolute Gasteiger partial charge is 1.00 e. The van der Waals surface area contributed by atoms with Gasteiger partial charge in [0.1, 0.15) is 30.8 Å². The number of anilines is 1. The van der Waals surface area contributed by atoms with Gasteiger partial charge in [-0.3, -0.25) is 19.3 Å². The fourth-order valence-corrected chi connectivity index (χ4v) is 4.75. The van der Waals surface area contributed by atoms with Gasteiger partial charge in [-0.15, -0.1) is 23.1 Å². The van der Waals surface area contributed by atoms with E-state index in [0.717, 1.165) is 16.2 Å². The number of hydrogen-bond donors (Lipinski definition) is 2. The molecule has 1 saturated heterocycles. The average Bonchev–Trinajstić information content (AvgIpc) is 3.13. The summed E-state index contributed by atoms with van der Waals surface area (Å²) in [4.78, 5) is 57.5. The maximum absolute atomic E-state index is 12.6. The molecule has 12 nitrogen and oxygen atoms in total. The summed E-state index contributed by atoms with van der Waals surface area (Å²) in [5, 5.41) is 18.8. The summed E-state index contributed by atoms with van der Waals surface area (Å²) in [7, 11) is 1.25. The number of carbonyl (C=O) groups excluding carboxylic acids is 4. The van der Waals surface area contributed by atoms with E-state index in [9.17, 15) is 24.3 Å². The number of nitrogens with zero attached hydrogens (tertiary/aromatic N) is 3. The van der Waals surface area contributed by atoms with Gasteiger partial charge in [0.25, 0.3) is 11.8 Å². The van der Waals surface area contributed by atoms with E-state index in [0.29, 0.717) is 0 Å². The van der Waals surface area contributed by atoms with E-state index >= 15 is 0 Å². The van der Waals surface area contributed by atoms with Crippen LogP contribution < -0.4 is 45.7 Å². The normalized spacial score (nSPS) is 20.3. The van der Waals surface area contributed by atoms with Crippen LogP contribution in [0.1, 0.15) is 12.6 Å². The van der Waals surface area contributed by atoms with Crippen LogP contribution in [-0.2, 0) is 28.8 Å². The van der Waals surface area contributed by atoms with Crippen molar-refractivity contribution in [2.75, 3.05) is 25.2 Å². The summed E-state index contributed by atoms with van der Waals surface area (Å²) in [5.41, 5.74) is 5.46. The minimum absolute atomic E-state index is 0. The van der Waals surface area contributed by atoms with Crippen molar-refractivity contribution in [1.82, 2.24) is 15.2 Å². The van der Waals surface area contributed by atoms with E-state index in [1.54, 1.807) is 0 Å². The topological polar surface area (TPSA) is 176 Å². The first-order valence-corrected chi connectivity index (χ1v) is 10.3. The molecule has 1 fully saturated rings. The van der Waals surface area contributed by atoms with Crippen molar-refractivity contribution in [3.63, 3.8) is 0 Å². The summed E-state index contributed by atoms with van der Waals surface area (Å²) in [6.07, 6.45) is 0. The molecule has 2 aliphatic rings. The Morgan fingerprint density at radius 1 is 1.45 bits per heavy atom. The molecule has 3 heterocycles. The number of carboxylic acid groups (broad SMARTS) is 1. The van der Waals surface area contributed by atoms with Gasteiger partial charge in [0.15, 0.2) is 10.8 Å². The summed E-state index contributed by atoms with van der Waals surface area (Å²) < 4.78 is 4.85. The van der Waals surface area contributed by atoms with Crippen LogP contribution in [-0.4, -0.2) is 70.2 Å². The molecule has 0 saturated carbocycles. The molecule has 2 aliphatic heterocycles. The molecule has 15 heteroatoms. The fourth-order valence-electron chi connectivity index (χ4n) is 2.87. The number of fused-ring (bicyclic) bond motifs is 1. The number of carboxylic acids is 1. The zero-order chi connectivity index (χ0) is 22.0. The number of β-lactam (4-membered cyclic amide) rings is 1. The molecular weight excluding hydrogens is 461 g/mol. The van der Waals surface area contributed by atoms with Gasteiger partial charge in [-0.25, -0.2) is 4.98 Å². The molecule has 0 bridgehead atoms. The van der Waals surface area contributed by atoms with E-state index in [-0.39, 0.29) is 69.7 Å². The molecular formula is C16H16N5NaO7S2. The van der Waals surface area contributed by atoms with Crippen LogP contribution in [0.2, 0.25) is 0 Å². The van der Waals surface area contributed by atoms with Crippen LogP contribution in [0.3, 0.4) is 0 Å². The molecule has 0 aromatic carbocycles. The number of nitrogen functional groups attached to an aromatic ring is 1. The predicted octanol–water partition coefficient (Wildman–Crippen LogP) is -4.95. The second-order valence-electron chi connectivity index (χ2n) is 6.07. The van der Waals surface area contributed by atoms with Crippen LogP contribution in [0.15, 0.2) is 21.8 Å². The van der Waals surface area contributed by atoms with Crippen LogP contribution in [0, 0.1) is 0 Å². The molecule has 160 valence electrons. The number of oxime groups is 1. The molecule has 1 aromatic rings. The first-order chi connectivity index (χ1) is 14.2. The fraction of sp³-hybridized carbons (Fsp3) is 0.375. The maximum atomic E-state index is 12.6. The standard InChI is InChI=1S/C16H17N5O7S2.Na/c1-6(22)28-3-7-4-29-14-10(13(24)21(14)11(7)15(25)26)19-12(23)9(20-27-2)8-5-30-16(17)18-8;/h5,10,14H,3-4H2,1-2H3,(H2,17,18)(H,19,23)(H,25,26);/q;+1/p-1/b20-9+;/t10?,14-;/m0./s1. The second kappa shape index (κ2) is 10.5. The van der Waals surface area contributed by atoms with Crippen molar-refractivity contribution < 1.29 is 63.4 Å². The number of amides is 2. The van der Waals surface area contributed by atoms with Gasteiger partial charge in [0.05, 0.1) is 11.7 Å². The number of aromatic nitrogens is 1. The predicted molar refractivity (Wildman–Crippen MR) is 104 cm³/mol. The van der Waals surface area contributed by atoms with Crippen molar-refractivity contribution in [2.24, 2.45) is 5.16 Å². The minimum atomic E-state index is -1.57. The van der Waals surface area contributed by atoms with Gasteiger partial charge in [-0.2, -0.15) is 0 Å². The Balaban J connectivity index is 0.00000341. The first kappa shape index (κ1) is 25.1. The quantitative estimate of drug-likeness (QED) is 0.127. The Labute approximate surface area is 206 Å². The smallest absolute Gasteiger partial charge is 0.543 e. The number of carbonyl (C=O) groups is 4. The number of thiazole rings is 1. The van der Waals surface area contributed by atoms with E-state index in [1.165, 1.54) is 31.2 Å². The van der Waals surface area contributed by atoms with E-state index in [1.807, 2.05) is 0 Å². The number of ether oxygens (including phenoxy) is 1. The number of nitrogens with one attached hydrogen (secondary N) is 1. The SMILES string of the molecule is CO/N=C(/C(=O)NC1C(=O)N2C(C(=O)[O-])=C(COC(C)=O)CS[C@@H]12)c1csc(N)n1.[Na+]. The molecule has 2 atom stereocenters. The van der Waals surface area contributed by atoms with Crippen molar-refractivity contribution in [3.8, 4) is 0 Å². The number of rotatable bonds is 7. The number of nitrogens with two attached hydrogens (primary N) is 1. The van der Waals surface area contributed by atoms with Crippen molar-refractivity contribution in [3.05, 3.63) is 22.3 Å². The van der Waals surface area contributed by atoms with Gasteiger partial charge in [-0.05, 0) is 0 Å². The number of thioether (sulfide) groups is 1. The monoisotopic (exact) mass is 477 g/mol. The molecule has 1 unspecified atom stereocenters. The summed E-state index contributed by atoms with van der Waals surface area (Å²) in [6, 6.07) is -0.995. The van der Waals surface area contributed by atoms with Crippen molar-refractivity contribution >= 4 is 57.7 Å². The molecule has 0 aliphatic carbocycles. The van der Waals surface area contributed by atoms with Crippen LogP contribution >= 0.6 is 23.1 Å². The minimum Gasteiger partial charge on any atom is -0.543 e. The maximum Gasteiger partial charge on any atom is 1.00 e. The molecule has 1 aromatic heterocycles. The van der Waals surface area contributed by atoms with E-state index in [2.05, 4.69) is 20.3 Å². The second-order valence-corrected chi connectivity index (χ2v) is 8.07. The van der Waals surface area contributed by atoms with Crippen molar-refractivity contribution in [2.45, 2.75) is 18.3 Å². The molecule has 2 amide bonds. The molecule has 0 spiro atoms. The molecule has 31 heavy (non-hydrogen) atoms. The summed E-state index contributed by atoms with van der Waals surface area (Å²) in [6.45, 7) is 0.919.